The minimum Gasteiger partial charge on any atom is -0.490 e. The molecule has 1 aliphatic rings. The number of aliphatic hydroxyl groups excluding tert-OH is 1. The van der Waals surface area contributed by atoms with Crippen LogP contribution >= 0.6 is 11.6 Å². The van der Waals surface area contributed by atoms with Crippen molar-refractivity contribution in [1.82, 2.24) is 9.80 Å². The number of aliphatic hydroxyl groups is 1. The van der Waals surface area contributed by atoms with E-state index in [-0.39, 0.29) is 59.8 Å². The van der Waals surface area contributed by atoms with Crippen molar-refractivity contribution in [2.75, 3.05) is 38.1 Å². The van der Waals surface area contributed by atoms with Gasteiger partial charge in [0.15, 0.2) is 0 Å². The Bertz CT molecular complexity index is 1620. The maximum absolute atomic E-state index is 14.4. The van der Waals surface area contributed by atoms with E-state index in [1.165, 1.54) is 30.3 Å². The van der Waals surface area contributed by atoms with E-state index in [0.29, 0.717) is 30.3 Å². The van der Waals surface area contributed by atoms with E-state index in [4.69, 9.17) is 21.1 Å². The molecule has 0 spiro atoms. The summed E-state index contributed by atoms with van der Waals surface area (Å²) < 4.78 is 41.5. The highest BCUT2D eigenvalue weighted by Gasteiger charge is 2.31. The molecule has 0 fully saturated rings. The first-order valence-corrected chi connectivity index (χ1v) is 18.1. The Morgan fingerprint density at radius 2 is 1.79 bits per heavy atom. The Hall–Kier alpha value is -3.64. The summed E-state index contributed by atoms with van der Waals surface area (Å²) in [5, 5.41) is 10.6. The largest absolute Gasteiger partial charge is 0.490 e. The molecule has 3 aromatic carbocycles. The summed E-state index contributed by atoms with van der Waals surface area (Å²) in [6.45, 7) is 6.36. The number of likely N-dealkylation sites (N-methyl/N-ethyl adjacent to an activating group) is 1. The molecule has 1 heterocycles. The highest BCUT2D eigenvalue weighted by atomic mass is 35.5. The Morgan fingerprint density at radius 3 is 2.48 bits per heavy atom. The Morgan fingerprint density at radius 1 is 1.08 bits per heavy atom. The molecule has 2 N–H and O–H groups in total. The van der Waals surface area contributed by atoms with Gasteiger partial charge in [-0.2, -0.15) is 0 Å². The lowest BCUT2D eigenvalue weighted by atomic mass is 10.0. The molecular weight excluding hydrogens is 654 g/mol. The number of rotatable bonds is 9. The number of nitrogens with zero attached hydrogens (tertiary/aromatic N) is 2. The Labute approximate surface area is 289 Å². The number of hydrogen-bond donors (Lipinski definition) is 2. The van der Waals surface area contributed by atoms with Gasteiger partial charge in [0, 0.05) is 43.4 Å². The number of sulfonamides is 1. The van der Waals surface area contributed by atoms with Gasteiger partial charge in [0.05, 0.1) is 41.7 Å². The van der Waals surface area contributed by atoms with Gasteiger partial charge in [-0.05, 0) is 81.1 Å². The van der Waals surface area contributed by atoms with Crippen molar-refractivity contribution in [3.63, 3.8) is 0 Å². The maximum atomic E-state index is 14.4. The number of hydrogen-bond acceptors (Lipinski definition) is 7. The highest BCUT2D eigenvalue weighted by molar-refractivity contribution is 7.92. The zero-order valence-corrected chi connectivity index (χ0v) is 29.5. The second kappa shape index (κ2) is 17.1. The standard InChI is InChI=1S/C36H46ClN3O7S/c1-25-22-40(26(2)24-41)36(43)32-21-30(38-48(44,45)31-16-13-29(37)14-17-31)15-18-33(32)47-27(3)10-8-9-19-46-34(25)23-39(4)35(42)20-28-11-6-5-7-12-28/h5-7,11-18,21,25-27,34,38,41H,8-10,19-20,22-24H2,1-4H3/t25-,26-,27+,34-/m1/s1. The van der Waals surface area contributed by atoms with Crippen LogP contribution < -0.4 is 9.46 Å². The third kappa shape index (κ3) is 10.2. The fraction of sp³-hybridized carbons (Fsp3) is 0.444. The molecule has 2 amide bonds. The van der Waals surface area contributed by atoms with Crippen LogP contribution in [0.15, 0.2) is 77.7 Å². The van der Waals surface area contributed by atoms with Gasteiger partial charge in [0.25, 0.3) is 15.9 Å². The average Bonchev–Trinajstić information content (AvgIpc) is 3.06. The average molecular weight is 700 g/mol. The van der Waals surface area contributed by atoms with Crippen molar-refractivity contribution in [2.24, 2.45) is 5.92 Å². The molecule has 4 atom stereocenters. The van der Waals surface area contributed by atoms with Crippen molar-refractivity contribution in [1.29, 1.82) is 0 Å². The number of amides is 2. The first-order valence-electron chi connectivity index (χ1n) is 16.3. The number of carbonyl (C=O) groups is 2. The smallest absolute Gasteiger partial charge is 0.261 e. The summed E-state index contributed by atoms with van der Waals surface area (Å²) >= 11 is 5.95. The van der Waals surface area contributed by atoms with Gasteiger partial charge in [-0.25, -0.2) is 8.42 Å². The number of fused-ring (bicyclic) bond motifs is 1. The summed E-state index contributed by atoms with van der Waals surface area (Å²) in [6, 6.07) is 19.4. The molecule has 0 bridgehead atoms. The highest BCUT2D eigenvalue weighted by Crippen LogP contribution is 2.30. The third-order valence-corrected chi connectivity index (χ3v) is 10.2. The van der Waals surface area contributed by atoms with Crippen LogP contribution in [0, 0.1) is 5.92 Å². The molecule has 0 unspecified atom stereocenters. The van der Waals surface area contributed by atoms with E-state index < -0.39 is 22.0 Å². The van der Waals surface area contributed by atoms with Crippen LogP contribution in [0.5, 0.6) is 5.75 Å². The molecule has 3 aromatic rings. The Balaban J connectivity index is 1.63. The second-order valence-electron chi connectivity index (χ2n) is 12.5. The number of benzene rings is 3. The van der Waals surface area contributed by atoms with Crippen LogP contribution in [-0.4, -0.2) is 86.7 Å². The predicted molar refractivity (Wildman–Crippen MR) is 187 cm³/mol. The van der Waals surface area contributed by atoms with Gasteiger partial charge >= 0.3 is 0 Å². The molecular formula is C36H46ClN3O7S. The number of anilines is 1. The van der Waals surface area contributed by atoms with E-state index in [2.05, 4.69) is 4.72 Å². The number of carbonyl (C=O) groups excluding carboxylic acids is 2. The van der Waals surface area contributed by atoms with Crippen LogP contribution in [0.3, 0.4) is 0 Å². The quantitative estimate of drug-likeness (QED) is 0.296. The zero-order chi connectivity index (χ0) is 34.8. The first-order chi connectivity index (χ1) is 22.9. The van der Waals surface area contributed by atoms with E-state index in [9.17, 15) is 23.1 Å². The monoisotopic (exact) mass is 699 g/mol. The van der Waals surface area contributed by atoms with E-state index in [1.54, 1.807) is 35.9 Å². The molecule has 260 valence electrons. The molecule has 0 aliphatic carbocycles. The zero-order valence-electron chi connectivity index (χ0n) is 28.0. The van der Waals surface area contributed by atoms with Gasteiger partial charge in [-0.3, -0.25) is 14.3 Å². The fourth-order valence-corrected chi connectivity index (χ4v) is 6.73. The van der Waals surface area contributed by atoms with Crippen LogP contribution in [0.4, 0.5) is 5.69 Å². The van der Waals surface area contributed by atoms with Crippen molar-refractivity contribution >= 4 is 39.1 Å². The summed E-state index contributed by atoms with van der Waals surface area (Å²) in [5.74, 6) is -0.377. The molecule has 10 nitrogen and oxygen atoms in total. The number of nitrogens with one attached hydrogen (secondary N) is 1. The minimum absolute atomic E-state index is 0.0193. The van der Waals surface area contributed by atoms with Crippen molar-refractivity contribution < 1.29 is 32.6 Å². The summed E-state index contributed by atoms with van der Waals surface area (Å²) in [6.07, 6.45) is 1.95. The second-order valence-corrected chi connectivity index (χ2v) is 14.6. The lowest BCUT2D eigenvalue weighted by Gasteiger charge is -2.36. The minimum atomic E-state index is -3.99. The van der Waals surface area contributed by atoms with Crippen LogP contribution in [0.2, 0.25) is 5.02 Å². The molecule has 4 rings (SSSR count). The van der Waals surface area contributed by atoms with Crippen molar-refractivity contribution in [3.8, 4) is 5.75 Å². The molecule has 0 aromatic heterocycles. The normalized spacial score (nSPS) is 20.2. The fourth-order valence-electron chi connectivity index (χ4n) is 5.55. The lowest BCUT2D eigenvalue weighted by Crippen LogP contribution is -2.48. The van der Waals surface area contributed by atoms with Crippen LogP contribution in [0.1, 0.15) is 56.0 Å². The van der Waals surface area contributed by atoms with E-state index in [1.807, 2.05) is 44.2 Å². The lowest BCUT2D eigenvalue weighted by molar-refractivity contribution is -0.131. The molecule has 48 heavy (non-hydrogen) atoms. The molecule has 0 saturated carbocycles. The SMILES string of the molecule is C[C@@H]1CN([C@H](C)CO)C(=O)c2cc(NS(=O)(=O)c3ccc(Cl)cc3)ccc2O[C@@H](C)CCCCO[C@@H]1CN(C)C(=O)Cc1ccccc1. The number of halogens is 1. The summed E-state index contributed by atoms with van der Waals surface area (Å²) in [4.78, 5) is 30.7. The van der Waals surface area contributed by atoms with E-state index >= 15 is 0 Å². The van der Waals surface area contributed by atoms with Gasteiger partial charge in [-0.15, -0.1) is 0 Å². The van der Waals surface area contributed by atoms with Gasteiger partial charge in [0.1, 0.15) is 5.75 Å². The van der Waals surface area contributed by atoms with Crippen LogP contribution in [-0.2, 0) is 26.0 Å². The topological polar surface area (TPSA) is 125 Å². The van der Waals surface area contributed by atoms with Gasteiger partial charge in [0.2, 0.25) is 5.91 Å². The van der Waals surface area contributed by atoms with Crippen LogP contribution in [0.25, 0.3) is 0 Å². The van der Waals surface area contributed by atoms with Crippen molar-refractivity contribution in [3.05, 3.63) is 88.9 Å². The van der Waals surface area contributed by atoms with Gasteiger partial charge in [-0.1, -0.05) is 48.9 Å². The van der Waals surface area contributed by atoms with E-state index in [0.717, 1.165) is 18.4 Å². The summed E-state index contributed by atoms with van der Waals surface area (Å²) in [5.41, 5.74) is 1.27. The predicted octanol–water partition coefficient (Wildman–Crippen LogP) is 5.64. The molecule has 1 aliphatic heterocycles. The molecule has 0 saturated heterocycles. The summed E-state index contributed by atoms with van der Waals surface area (Å²) in [7, 11) is -2.23. The first kappa shape index (κ1) is 37.2. The van der Waals surface area contributed by atoms with Crippen molar-refractivity contribution in [2.45, 2.75) is 69.6 Å². The molecule has 0 radical (unpaired) electrons. The maximum Gasteiger partial charge on any atom is 0.261 e. The Kier molecular flexibility index (Phi) is 13.3. The molecule has 12 heteroatoms. The third-order valence-electron chi connectivity index (χ3n) is 8.51. The van der Waals surface area contributed by atoms with Gasteiger partial charge < -0.3 is 24.4 Å². The number of ether oxygens (including phenoxy) is 2.